The van der Waals surface area contributed by atoms with Crippen molar-refractivity contribution >= 4 is 17.6 Å². The molecule has 3 atom stereocenters. The topological polar surface area (TPSA) is 143 Å². The first kappa shape index (κ1) is 34.4. The molecule has 9 heteroatoms. The standard InChI is InChI=1S/C30H51N3O6/c1-19(2)22(14-21-10-11-26(38-8)27(15-21)39-13-9-12-37-7)16-24(31)25(34)17-23(20(3)4)28(35)33-18-30(5,6)29(32)36/h10-11,15,19-20,22-24H,9,12-14,16-18,31H2,1-8H3,(H2,32,36)(H,33,35)/t22-,23-,24?/m0/s1. The highest BCUT2D eigenvalue weighted by Gasteiger charge is 2.31. The molecule has 0 saturated heterocycles. The molecule has 0 spiro atoms. The number of hydrogen-bond donors (Lipinski definition) is 3. The van der Waals surface area contributed by atoms with E-state index in [1.165, 1.54) is 0 Å². The lowest BCUT2D eigenvalue weighted by atomic mass is 9.81. The van der Waals surface area contributed by atoms with Crippen molar-refractivity contribution in [3.63, 3.8) is 0 Å². The molecule has 0 bridgehead atoms. The monoisotopic (exact) mass is 549 g/mol. The van der Waals surface area contributed by atoms with Crippen LogP contribution in [0.3, 0.4) is 0 Å². The molecular formula is C30H51N3O6. The van der Waals surface area contributed by atoms with Gasteiger partial charge in [-0.25, -0.2) is 0 Å². The van der Waals surface area contributed by atoms with E-state index in [0.717, 1.165) is 18.4 Å². The third-order valence-electron chi connectivity index (χ3n) is 7.32. The van der Waals surface area contributed by atoms with Crippen LogP contribution >= 0.6 is 0 Å². The zero-order chi connectivity index (χ0) is 29.8. The number of Topliss-reactive ketones (excluding diaryl/α,β-unsaturated/α-hetero) is 1. The van der Waals surface area contributed by atoms with Crippen LogP contribution in [-0.4, -0.2) is 57.6 Å². The maximum absolute atomic E-state index is 13.2. The van der Waals surface area contributed by atoms with Gasteiger partial charge in [-0.1, -0.05) is 33.8 Å². The quantitative estimate of drug-likeness (QED) is 0.224. The average molecular weight is 550 g/mol. The van der Waals surface area contributed by atoms with Crippen molar-refractivity contribution in [1.29, 1.82) is 0 Å². The number of nitrogens with one attached hydrogen (secondary N) is 1. The summed E-state index contributed by atoms with van der Waals surface area (Å²) >= 11 is 0. The van der Waals surface area contributed by atoms with E-state index in [4.69, 9.17) is 25.7 Å². The Morgan fingerprint density at radius 1 is 1.00 bits per heavy atom. The number of nitrogens with two attached hydrogens (primary N) is 2. The fourth-order valence-corrected chi connectivity index (χ4v) is 4.22. The van der Waals surface area contributed by atoms with Crippen LogP contribution in [0.15, 0.2) is 18.2 Å². The van der Waals surface area contributed by atoms with Crippen molar-refractivity contribution in [3.8, 4) is 11.5 Å². The molecule has 0 aliphatic carbocycles. The van der Waals surface area contributed by atoms with Crippen LogP contribution in [0.25, 0.3) is 0 Å². The summed E-state index contributed by atoms with van der Waals surface area (Å²) in [6, 6.07) is 5.21. The number of rotatable bonds is 19. The molecule has 0 radical (unpaired) electrons. The Hall–Kier alpha value is -2.65. The normalized spacial score (nSPS) is 14.1. The molecule has 0 saturated carbocycles. The predicted octanol–water partition coefficient (Wildman–Crippen LogP) is 3.50. The summed E-state index contributed by atoms with van der Waals surface area (Å²) in [4.78, 5) is 37.7. The number of primary amides is 1. The Kier molecular flexibility index (Phi) is 14.5. The Labute approximate surface area is 234 Å². The third kappa shape index (κ3) is 11.5. The summed E-state index contributed by atoms with van der Waals surface area (Å²) in [5.41, 5.74) is 12.0. The number of ether oxygens (including phenoxy) is 3. The van der Waals surface area contributed by atoms with Gasteiger partial charge in [0, 0.05) is 39.0 Å². The number of benzene rings is 1. The van der Waals surface area contributed by atoms with Crippen LogP contribution < -0.4 is 26.3 Å². The number of carbonyl (C=O) groups excluding carboxylic acids is 3. The third-order valence-corrected chi connectivity index (χ3v) is 7.32. The maximum atomic E-state index is 13.2. The van der Waals surface area contributed by atoms with Crippen molar-refractivity contribution in [2.45, 2.75) is 73.3 Å². The van der Waals surface area contributed by atoms with Gasteiger partial charge in [0.15, 0.2) is 11.5 Å². The number of hydrogen-bond acceptors (Lipinski definition) is 7. The largest absolute Gasteiger partial charge is 0.493 e. The Balaban J connectivity index is 2.88. The first-order valence-corrected chi connectivity index (χ1v) is 13.9. The molecule has 0 heterocycles. The molecule has 0 aliphatic rings. The molecule has 2 amide bonds. The number of ketones is 1. The summed E-state index contributed by atoms with van der Waals surface area (Å²) < 4.78 is 16.5. The molecule has 1 aromatic carbocycles. The molecular weight excluding hydrogens is 498 g/mol. The van der Waals surface area contributed by atoms with Crippen molar-refractivity contribution in [2.75, 3.05) is 34.0 Å². The summed E-state index contributed by atoms with van der Waals surface area (Å²) in [7, 11) is 3.27. The van der Waals surface area contributed by atoms with Gasteiger partial charge in [0.25, 0.3) is 0 Å². The zero-order valence-corrected chi connectivity index (χ0v) is 25.2. The van der Waals surface area contributed by atoms with E-state index in [1.54, 1.807) is 28.1 Å². The summed E-state index contributed by atoms with van der Waals surface area (Å²) in [5.74, 6) is 0.282. The van der Waals surface area contributed by atoms with E-state index < -0.39 is 23.3 Å². The lowest BCUT2D eigenvalue weighted by Crippen LogP contribution is -2.46. The Bertz CT molecular complexity index is 931. The fraction of sp³-hybridized carbons (Fsp3) is 0.700. The van der Waals surface area contributed by atoms with E-state index in [2.05, 4.69) is 19.2 Å². The lowest BCUT2D eigenvalue weighted by Gasteiger charge is -2.27. The molecule has 1 rings (SSSR count). The molecule has 1 unspecified atom stereocenters. The van der Waals surface area contributed by atoms with Gasteiger partial charge < -0.3 is 31.0 Å². The second kappa shape index (κ2) is 16.5. The van der Waals surface area contributed by atoms with Gasteiger partial charge >= 0.3 is 0 Å². The summed E-state index contributed by atoms with van der Waals surface area (Å²) in [5, 5.41) is 2.80. The highest BCUT2D eigenvalue weighted by molar-refractivity contribution is 5.90. The van der Waals surface area contributed by atoms with Crippen LogP contribution in [0.2, 0.25) is 0 Å². The van der Waals surface area contributed by atoms with Gasteiger partial charge in [0.2, 0.25) is 11.8 Å². The second-order valence-electron chi connectivity index (χ2n) is 11.7. The van der Waals surface area contributed by atoms with Crippen molar-refractivity contribution < 1.29 is 28.6 Å². The molecule has 222 valence electrons. The molecule has 1 aromatic rings. The number of carbonyl (C=O) groups is 3. The highest BCUT2D eigenvalue weighted by Crippen LogP contribution is 2.31. The smallest absolute Gasteiger partial charge is 0.224 e. The highest BCUT2D eigenvalue weighted by atomic mass is 16.5. The lowest BCUT2D eigenvalue weighted by molar-refractivity contribution is -0.132. The van der Waals surface area contributed by atoms with Crippen molar-refractivity contribution in [1.82, 2.24) is 5.32 Å². The SMILES string of the molecule is COCCCOc1cc(C[C@@H](CC(N)C(=O)C[C@H](C(=O)NCC(C)(C)C(N)=O)C(C)C)C(C)C)ccc1OC. The number of methoxy groups -OCH3 is 2. The van der Waals surface area contributed by atoms with Gasteiger partial charge in [0.05, 0.1) is 25.2 Å². The molecule has 0 aliphatic heterocycles. The van der Waals surface area contributed by atoms with Gasteiger partial charge in [0.1, 0.15) is 5.78 Å². The van der Waals surface area contributed by atoms with E-state index in [1.807, 2.05) is 32.0 Å². The zero-order valence-electron chi connectivity index (χ0n) is 25.2. The van der Waals surface area contributed by atoms with E-state index >= 15 is 0 Å². The summed E-state index contributed by atoms with van der Waals surface area (Å²) in [6.45, 7) is 12.6. The Morgan fingerprint density at radius 2 is 1.67 bits per heavy atom. The first-order chi connectivity index (χ1) is 18.2. The van der Waals surface area contributed by atoms with Crippen molar-refractivity contribution in [3.05, 3.63) is 23.8 Å². The number of amides is 2. The molecule has 0 aromatic heterocycles. The predicted molar refractivity (Wildman–Crippen MR) is 154 cm³/mol. The van der Waals surface area contributed by atoms with E-state index in [0.29, 0.717) is 31.1 Å². The van der Waals surface area contributed by atoms with Gasteiger partial charge in [-0.15, -0.1) is 0 Å². The first-order valence-electron chi connectivity index (χ1n) is 13.9. The molecule has 0 fully saturated rings. The van der Waals surface area contributed by atoms with E-state index in [9.17, 15) is 14.4 Å². The van der Waals surface area contributed by atoms with Crippen LogP contribution in [0.5, 0.6) is 11.5 Å². The van der Waals surface area contributed by atoms with Crippen LogP contribution in [-0.2, 0) is 25.5 Å². The second-order valence-corrected chi connectivity index (χ2v) is 11.7. The van der Waals surface area contributed by atoms with Crippen molar-refractivity contribution in [2.24, 2.45) is 40.6 Å². The molecule has 9 nitrogen and oxygen atoms in total. The molecule has 39 heavy (non-hydrogen) atoms. The average Bonchev–Trinajstić information content (AvgIpc) is 2.87. The van der Waals surface area contributed by atoms with Gasteiger partial charge in [-0.2, -0.15) is 0 Å². The van der Waals surface area contributed by atoms with Gasteiger partial charge in [-0.05, 0) is 62.1 Å². The van der Waals surface area contributed by atoms with Crippen LogP contribution in [0.4, 0.5) is 0 Å². The summed E-state index contributed by atoms with van der Waals surface area (Å²) in [6.07, 6.45) is 2.06. The van der Waals surface area contributed by atoms with Gasteiger partial charge in [-0.3, -0.25) is 14.4 Å². The van der Waals surface area contributed by atoms with Crippen LogP contribution in [0.1, 0.15) is 66.4 Å². The fourth-order valence-electron chi connectivity index (χ4n) is 4.22. The minimum absolute atomic E-state index is 0.0501. The maximum Gasteiger partial charge on any atom is 0.224 e. The molecule has 5 N–H and O–H groups in total. The Morgan fingerprint density at radius 3 is 2.21 bits per heavy atom. The van der Waals surface area contributed by atoms with E-state index in [-0.39, 0.29) is 42.4 Å². The minimum Gasteiger partial charge on any atom is -0.493 e. The minimum atomic E-state index is -0.877. The van der Waals surface area contributed by atoms with Crippen LogP contribution in [0, 0.1) is 29.1 Å².